The van der Waals surface area contributed by atoms with Crippen LogP contribution in [0.25, 0.3) is 0 Å². The summed E-state index contributed by atoms with van der Waals surface area (Å²) in [4.78, 5) is 16.2. The molecule has 2 aromatic rings. The van der Waals surface area contributed by atoms with Gasteiger partial charge in [0.05, 0.1) is 12.2 Å². The van der Waals surface area contributed by atoms with Crippen molar-refractivity contribution in [1.82, 2.24) is 10.2 Å². The molecule has 0 aromatic heterocycles. The van der Waals surface area contributed by atoms with Crippen LogP contribution in [-0.4, -0.2) is 50.1 Å². The van der Waals surface area contributed by atoms with Crippen LogP contribution in [-0.2, 0) is 11.2 Å². The van der Waals surface area contributed by atoms with Crippen LogP contribution < -0.4 is 10.2 Å². The number of hydrogen-bond acceptors (Lipinski definition) is 3. The smallest absolute Gasteiger partial charge is 0.236 e. The molecule has 1 N–H and O–H groups in total. The van der Waals surface area contributed by atoms with Gasteiger partial charge in [0.25, 0.3) is 0 Å². The molecule has 0 bridgehead atoms. The second-order valence-corrected chi connectivity index (χ2v) is 6.81. The quantitative estimate of drug-likeness (QED) is 0.788. The fraction of sp³-hybridized carbons (Fsp3) is 0.350. The largest absolute Gasteiger partial charge is 0.366 e. The first-order chi connectivity index (χ1) is 12.6. The van der Waals surface area contributed by atoms with Crippen LogP contribution in [0.3, 0.4) is 0 Å². The normalized spacial score (nSPS) is 14.5. The fourth-order valence-corrected chi connectivity index (χ4v) is 3.22. The molecule has 3 rings (SSSR count). The van der Waals surface area contributed by atoms with Crippen molar-refractivity contribution in [3.8, 4) is 0 Å². The van der Waals surface area contributed by atoms with E-state index in [9.17, 15) is 9.18 Å². The summed E-state index contributed by atoms with van der Waals surface area (Å²) in [7, 11) is 0. The van der Waals surface area contributed by atoms with Crippen LogP contribution in [0.4, 0.5) is 10.1 Å². The van der Waals surface area contributed by atoms with Gasteiger partial charge in [-0.05, 0) is 42.8 Å². The highest BCUT2D eigenvalue weighted by Crippen LogP contribution is 2.20. The van der Waals surface area contributed by atoms with Crippen molar-refractivity contribution in [2.24, 2.45) is 0 Å². The number of carbonyl (C=O) groups excluding carboxylic acids is 1. The second-order valence-electron chi connectivity index (χ2n) is 6.37. The Morgan fingerprint density at radius 3 is 2.42 bits per heavy atom. The Labute approximate surface area is 158 Å². The lowest BCUT2D eigenvalue weighted by atomic mass is 10.1. The zero-order valence-corrected chi connectivity index (χ0v) is 15.4. The molecule has 1 fully saturated rings. The van der Waals surface area contributed by atoms with Crippen LogP contribution in [0.2, 0.25) is 5.02 Å². The lowest BCUT2D eigenvalue weighted by Crippen LogP contribution is -2.51. The minimum absolute atomic E-state index is 0.0919. The van der Waals surface area contributed by atoms with Gasteiger partial charge in [-0.25, -0.2) is 4.39 Å². The Morgan fingerprint density at radius 2 is 1.73 bits per heavy atom. The molecule has 0 saturated carbocycles. The van der Waals surface area contributed by atoms with Gasteiger partial charge in [0.1, 0.15) is 5.82 Å². The number of piperazine rings is 1. The van der Waals surface area contributed by atoms with Crippen molar-refractivity contribution in [2.75, 3.05) is 44.2 Å². The molecule has 6 heteroatoms. The first kappa shape index (κ1) is 18.7. The van der Waals surface area contributed by atoms with Gasteiger partial charge < -0.3 is 15.1 Å². The maximum atomic E-state index is 13.9. The number of hydrogen-bond donors (Lipinski definition) is 1. The molecule has 4 nitrogen and oxygen atoms in total. The van der Waals surface area contributed by atoms with Crippen molar-refractivity contribution in [1.29, 1.82) is 0 Å². The number of rotatable bonds is 6. The monoisotopic (exact) mass is 375 g/mol. The van der Waals surface area contributed by atoms with E-state index in [2.05, 4.69) is 5.32 Å². The highest BCUT2D eigenvalue weighted by atomic mass is 35.5. The van der Waals surface area contributed by atoms with Crippen molar-refractivity contribution >= 4 is 23.2 Å². The molecule has 0 aliphatic carbocycles. The standard InChI is InChI=1S/C20H23ClFN3O/c21-17-7-5-16(6-8-17)9-10-23-15-20(26)25-13-11-24(12-14-25)19-4-2-1-3-18(19)22/h1-8,23H,9-15H2. The fourth-order valence-electron chi connectivity index (χ4n) is 3.10. The summed E-state index contributed by atoms with van der Waals surface area (Å²) in [5, 5.41) is 3.93. The Morgan fingerprint density at radius 1 is 1.04 bits per heavy atom. The zero-order valence-electron chi connectivity index (χ0n) is 14.6. The van der Waals surface area contributed by atoms with Gasteiger partial charge in [0.15, 0.2) is 0 Å². The summed E-state index contributed by atoms with van der Waals surface area (Å²) in [5.41, 5.74) is 1.80. The zero-order chi connectivity index (χ0) is 18.4. The SMILES string of the molecule is O=C(CNCCc1ccc(Cl)cc1)N1CCN(c2ccccc2F)CC1. The van der Waals surface area contributed by atoms with Gasteiger partial charge in [-0.15, -0.1) is 0 Å². The highest BCUT2D eigenvalue weighted by Gasteiger charge is 2.22. The van der Waals surface area contributed by atoms with Crippen LogP contribution in [0.5, 0.6) is 0 Å². The second kappa shape index (κ2) is 9.01. The number of benzene rings is 2. The van der Waals surface area contributed by atoms with Crippen LogP contribution in [0.1, 0.15) is 5.56 Å². The lowest BCUT2D eigenvalue weighted by Gasteiger charge is -2.36. The first-order valence-electron chi connectivity index (χ1n) is 8.86. The summed E-state index contributed by atoms with van der Waals surface area (Å²) >= 11 is 5.87. The van der Waals surface area contributed by atoms with Crippen molar-refractivity contribution in [2.45, 2.75) is 6.42 Å². The molecule has 1 saturated heterocycles. The molecule has 0 unspecified atom stereocenters. The number of anilines is 1. The summed E-state index contributed by atoms with van der Waals surface area (Å²) in [5.74, 6) is -0.120. The van der Waals surface area contributed by atoms with Crippen molar-refractivity contribution in [3.05, 3.63) is 64.9 Å². The third-order valence-electron chi connectivity index (χ3n) is 4.61. The predicted octanol–water partition coefficient (Wildman–Crippen LogP) is 2.96. The maximum absolute atomic E-state index is 13.9. The van der Waals surface area contributed by atoms with Gasteiger partial charge >= 0.3 is 0 Å². The number of nitrogens with zero attached hydrogens (tertiary/aromatic N) is 2. The molecule has 26 heavy (non-hydrogen) atoms. The number of para-hydroxylation sites is 1. The van der Waals surface area contributed by atoms with E-state index in [1.807, 2.05) is 40.1 Å². The molecule has 2 aromatic carbocycles. The molecule has 1 amide bonds. The minimum Gasteiger partial charge on any atom is -0.366 e. The third kappa shape index (κ3) is 4.96. The molecule has 0 radical (unpaired) electrons. The number of halogens is 2. The van der Waals surface area contributed by atoms with Crippen LogP contribution >= 0.6 is 11.6 Å². The van der Waals surface area contributed by atoms with E-state index in [-0.39, 0.29) is 11.7 Å². The Bertz CT molecular complexity index is 730. The first-order valence-corrected chi connectivity index (χ1v) is 9.24. The van der Waals surface area contributed by atoms with Gasteiger partial charge in [0, 0.05) is 31.2 Å². The molecule has 0 spiro atoms. The van der Waals surface area contributed by atoms with E-state index in [1.165, 1.54) is 11.6 Å². The summed E-state index contributed by atoms with van der Waals surface area (Å²) < 4.78 is 13.9. The topological polar surface area (TPSA) is 35.6 Å². The maximum Gasteiger partial charge on any atom is 0.236 e. The van der Waals surface area contributed by atoms with Crippen molar-refractivity contribution in [3.63, 3.8) is 0 Å². The van der Waals surface area contributed by atoms with Gasteiger partial charge in [-0.2, -0.15) is 0 Å². The summed E-state index contributed by atoms with van der Waals surface area (Å²) in [6, 6.07) is 14.5. The minimum atomic E-state index is -0.212. The Balaban J connectivity index is 1.38. The van der Waals surface area contributed by atoms with E-state index in [4.69, 9.17) is 11.6 Å². The average Bonchev–Trinajstić information content (AvgIpc) is 2.67. The van der Waals surface area contributed by atoms with Crippen LogP contribution in [0, 0.1) is 5.82 Å². The van der Waals surface area contributed by atoms with E-state index in [0.29, 0.717) is 38.4 Å². The summed E-state index contributed by atoms with van der Waals surface area (Å²) in [6.45, 7) is 3.60. The molecule has 1 heterocycles. The van der Waals surface area contributed by atoms with E-state index in [1.54, 1.807) is 12.1 Å². The van der Waals surface area contributed by atoms with Gasteiger partial charge in [-0.3, -0.25) is 4.79 Å². The number of carbonyl (C=O) groups is 1. The lowest BCUT2D eigenvalue weighted by molar-refractivity contribution is -0.130. The number of nitrogens with one attached hydrogen (secondary N) is 1. The third-order valence-corrected chi connectivity index (χ3v) is 4.86. The van der Waals surface area contributed by atoms with E-state index in [0.717, 1.165) is 18.0 Å². The molecule has 0 atom stereocenters. The van der Waals surface area contributed by atoms with Crippen LogP contribution in [0.15, 0.2) is 48.5 Å². The Kier molecular flexibility index (Phi) is 6.47. The van der Waals surface area contributed by atoms with Crippen molar-refractivity contribution < 1.29 is 9.18 Å². The average molecular weight is 376 g/mol. The highest BCUT2D eigenvalue weighted by molar-refractivity contribution is 6.30. The molecule has 138 valence electrons. The Hall–Kier alpha value is -2.11. The van der Waals surface area contributed by atoms with Gasteiger partial charge in [-0.1, -0.05) is 35.9 Å². The predicted molar refractivity (Wildman–Crippen MR) is 103 cm³/mol. The summed E-state index contributed by atoms with van der Waals surface area (Å²) in [6.07, 6.45) is 0.853. The van der Waals surface area contributed by atoms with Gasteiger partial charge in [0.2, 0.25) is 5.91 Å². The van der Waals surface area contributed by atoms with E-state index < -0.39 is 0 Å². The number of amides is 1. The molecular weight excluding hydrogens is 353 g/mol. The molecule has 1 aliphatic rings. The molecule has 1 aliphatic heterocycles. The van der Waals surface area contributed by atoms with E-state index >= 15 is 0 Å². The molecular formula is C20H23ClFN3O.